The van der Waals surface area contributed by atoms with Gasteiger partial charge in [0.1, 0.15) is 0 Å². The van der Waals surface area contributed by atoms with Crippen molar-refractivity contribution in [2.45, 2.75) is 11.3 Å². The van der Waals surface area contributed by atoms with Crippen LogP contribution in [-0.4, -0.2) is 62.9 Å². The summed E-state index contributed by atoms with van der Waals surface area (Å²) in [7, 11) is -3.69. The molecule has 31 heavy (non-hydrogen) atoms. The molecule has 1 amide bonds. The third kappa shape index (κ3) is 5.03. The van der Waals surface area contributed by atoms with E-state index in [9.17, 15) is 13.2 Å². The summed E-state index contributed by atoms with van der Waals surface area (Å²) in [5.74, 6) is 0.849. The van der Waals surface area contributed by atoms with Gasteiger partial charge in [0, 0.05) is 49.8 Å². The van der Waals surface area contributed by atoms with Gasteiger partial charge in [-0.25, -0.2) is 8.42 Å². The van der Waals surface area contributed by atoms with Crippen LogP contribution in [-0.2, 0) is 14.8 Å². The molecule has 1 fully saturated rings. The van der Waals surface area contributed by atoms with Crippen LogP contribution in [0.3, 0.4) is 0 Å². The summed E-state index contributed by atoms with van der Waals surface area (Å²) in [6.45, 7) is 2.15. The van der Waals surface area contributed by atoms with E-state index in [1.54, 1.807) is 29.2 Å². The van der Waals surface area contributed by atoms with E-state index in [0.717, 1.165) is 12.0 Å². The molecule has 7 nitrogen and oxygen atoms in total. The number of hydrogen-bond acceptors (Lipinski definition) is 5. The van der Waals surface area contributed by atoms with Crippen LogP contribution >= 0.6 is 11.6 Å². The Balaban J connectivity index is 1.39. The van der Waals surface area contributed by atoms with Gasteiger partial charge in [0.25, 0.3) is 0 Å². The van der Waals surface area contributed by atoms with Gasteiger partial charge >= 0.3 is 0 Å². The molecule has 0 radical (unpaired) electrons. The Kier molecular flexibility index (Phi) is 6.50. The van der Waals surface area contributed by atoms with Gasteiger partial charge in [-0.15, -0.1) is 0 Å². The molecule has 0 aromatic heterocycles. The summed E-state index contributed by atoms with van der Waals surface area (Å²) >= 11 is 5.87. The molecule has 0 unspecified atom stereocenters. The normalized spacial score (nSPS) is 17.5. The Labute approximate surface area is 186 Å². The van der Waals surface area contributed by atoms with Gasteiger partial charge in [-0.1, -0.05) is 23.7 Å². The van der Waals surface area contributed by atoms with Gasteiger partial charge in [0.2, 0.25) is 15.9 Å². The van der Waals surface area contributed by atoms with Crippen LogP contribution in [0.2, 0.25) is 5.02 Å². The lowest BCUT2D eigenvalue weighted by atomic mass is 10.2. The minimum Gasteiger partial charge on any atom is -0.490 e. The fourth-order valence-corrected chi connectivity index (χ4v) is 5.01. The number of benzene rings is 2. The van der Waals surface area contributed by atoms with Crippen molar-refractivity contribution in [3.05, 3.63) is 59.1 Å². The van der Waals surface area contributed by atoms with Crippen LogP contribution in [0.25, 0.3) is 6.08 Å². The number of carbonyl (C=O) groups is 1. The van der Waals surface area contributed by atoms with Gasteiger partial charge < -0.3 is 14.4 Å². The van der Waals surface area contributed by atoms with Gasteiger partial charge in [-0.2, -0.15) is 4.31 Å². The zero-order chi connectivity index (χ0) is 21.8. The summed E-state index contributed by atoms with van der Waals surface area (Å²) in [5.41, 5.74) is 0.869. The fraction of sp³-hybridized carbons (Fsp3) is 0.318. The lowest BCUT2D eigenvalue weighted by molar-refractivity contribution is -0.127. The Morgan fingerprint density at radius 1 is 0.935 bits per heavy atom. The number of ether oxygens (including phenoxy) is 2. The third-order valence-electron chi connectivity index (χ3n) is 5.20. The Hall–Kier alpha value is -2.55. The van der Waals surface area contributed by atoms with Crippen molar-refractivity contribution in [2.24, 2.45) is 0 Å². The fourth-order valence-electron chi connectivity index (χ4n) is 3.45. The molecule has 1 saturated heterocycles. The second kappa shape index (κ2) is 9.30. The van der Waals surface area contributed by atoms with E-state index in [2.05, 4.69) is 0 Å². The van der Waals surface area contributed by atoms with E-state index < -0.39 is 10.0 Å². The number of fused-ring (bicyclic) bond motifs is 1. The summed E-state index contributed by atoms with van der Waals surface area (Å²) in [5, 5.41) is 0.634. The molecule has 0 aliphatic carbocycles. The number of piperazine rings is 1. The monoisotopic (exact) mass is 462 g/mol. The molecule has 4 rings (SSSR count). The van der Waals surface area contributed by atoms with Crippen molar-refractivity contribution in [2.75, 3.05) is 39.4 Å². The van der Waals surface area contributed by atoms with Crippen LogP contribution < -0.4 is 9.47 Å². The first-order valence-corrected chi connectivity index (χ1v) is 11.9. The molecule has 9 heteroatoms. The Morgan fingerprint density at radius 2 is 1.61 bits per heavy atom. The molecule has 2 heterocycles. The number of sulfonamides is 1. The molecule has 0 saturated carbocycles. The lowest BCUT2D eigenvalue weighted by Crippen LogP contribution is -2.50. The zero-order valence-corrected chi connectivity index (χ0v) is 18.4. The lowest BCUT2D eigenvalue weighted by Gasteiger charge is -2.33. The highest BCUT2D eigenvalue weighted by Gasteiger charge is 2.30. The van der Waals surface area contributed by atoms with E-state index >= 15 is 0 Å². The van der Waals surface area contributed by atoms with Gasteiger partial charge in [-0.3, -0.25) is 4.79 Å². The van der Waals surface area contributed by atoms with Crippen LogP contribution in [0.5, 0.6) is 11.5 Å². The van der Waals surface area contributed by atoms with E-state index in [4.69, 9.17) is 21.1 Å². The van der Waals surface area contributed by atoms with E-state index in [-0.39, 0.29) is 23.9 Å². The molecule has 2 aromatic rings. The number of nitrogens with zero attached hydrogens (tertiary/aromatic N) is 2. The van der Waals surface area contributed by atoms with E-state index in [1.807, 2.05) is 12.1 Å². The topological polar surface area (TPSA) is 76.2 Å². The van der Waals surface area contributed by atoms with Crippen molar-refractivity contribution in [3.8, 4) is 11.5 Å². The summed E-state index contributed by atoms with van der Waals surface area (Å²) in [6.07, 6.45) is 3.97. The largest absolute Gasteiger partial charge is 0.490 e. The highest BCUT2D eigenvalue weighted by Crippen LogP contribution is 2.33. The maximum absolute atomic E-state index is 13.1. The second-order valence-electron chi connectivity index (χ2n) is 7.27. The minimum atomic E-state index is -3.69. The summed E-state index contributed by atoms with van der Waals surface area (Å²) < 4.78 is 38.7. The molecule has 2 aliphatic rings. The Bertz CT molecular complexity index is 1080. The van der Waals surface area contributed by atoms with Crippen molar-refractivity contribution in [1.82, 2.24) is 9.21 Å². The molecule has 2 aromatic carbocycles. The minimum absolute atomic E-state index is 0.150. The number of rotatable bonds is 4. The maximum Gasteiger partial charge on any atom is 0.246 e. The quantitative estimate of drug-likeness (QED) is 0.653. The first-order chi connectivity index (χ1) is 14.9. The highest BCUT2D eigenvalue weighted by atomic mass is 35.5. The van der Waals surface area contributed by atoms with Crippen molar-refractivity contribution in [3.63, 3.8) is 0 Å². The zero-order valence-electron chi connectivity index (χ0n) is 16.9. The number of hydrogen-bond donors (Lipinski definition) is 0. The second-order valence-corrected chi connectivity index (χ2v) is 9.65. The summed E-state index contributed by atoms with van der Waals surface area (Å²) in [4.78, 5) is 14.3. The SMILES string of the molecule is O=C(C=Cc1ccc(Cl)cc1)N1CCN(S(=O)(=O)c2ccc3c(c2)OCCCO3)CC1. The average molecular weight is 463 g/mol. The first kappa shape index (κ1) is 21.7. The standard InChI is InChI=1S/C22H23ClN2O5S/c23-18-5-2-17(3-6-18)4-9-22(26)24-10-12-25(13-11-24)31(27,28)19-7-8-20-21(16-19)30-15-1-14-29-20/h2-9,16H,1,10-15H2. The van der Waals surface area contributed by atoms with Crippen LogP contribution in [0.1, 0.15) is 12.0 Å². The first-order valence-electron chi connectivity index (χ1n) is 10.1. The number of amides is 1. The molecular weight excluding hydrogens is 440 g/mol. The van der Waals surface area contributed by atoms with Crippen LogP contribution in [0, 0.1) is 0 Å². The van der Waals surface area contributed by atoms with Crippen molar-refractivity contribution >= 4 is 33.6 Å². The molecule has 0 atom stereocenters. The van der Waals surface area contributed by atoms with Crippen molar-refractivity contribution in [1.29, 1.82) is 0 Å². The van der Waals surface area contributed by atoms with Crippen LogP contribution in [0.4, 0.5) is 0 Å². The van der Waals surface area contributed by atoms with Crippen molar-refractivity contribution < 1.29 is 22.7 Å². The maximum atomic E-state index is 13.1. The smallest absolute Gasteiger partial charge is 0.246 e. The van der Waals surface area contributed by atoms with Gasteiger partial charge in [0.05, 0.1) is 18.1 Å². The number of carbonyl (C=O) groups excluding carboxylic acids is 1. The summed E-state index contributed by atoms with van der Waals surface area (Å²) in [6, 6.07) is 11.9. The predicted molar refractivity (Wildman–Crippen MR) is 118 cm³/mol. The van der Waals surface area contributed by atoms with Gasteiger partial charge in [0.15, 0.2) is 11.5 Å². The third-order valence-corrected chi connectivity index (χ3v) is 7.34. The molecular formula is C22H23ClN2O5S. The number of halogens is 1. The molecule has 164 valence electrons. The molecule has 0 N–H and O–H groups in total. The molecule has 0 spiro atoms. The van der Waals surface area contributed by atoms with Crippen LogP contribution in [0.15, 0.2) is 53.4 Å². The highest BCUT2D eigenvalue weighted by molar-refractivity contribution is 7.89. The molecule has 2 aliphatic heterocycles. The van der Waals surface area contributed by atoms with E-state index in [0.29, 0.717) is 42.8 Å². The van der Waals surface area contributed by atoms with Gasteiger partial charge in [-0.05, 0) is 35.9 Å². The predicted octanol–water partition coefficient (Wildman–Crippen LogP) is 3.05. The van der Waals surface area contributed by atoms with E-state index in [1.165, 1.54) is 22.5 Å². The molecule has 0 bridgehead atoms. The average Bonchev–Trinajstić information content (AvgIpc) is 3.03. The Morgan fingerprint density at radius 3 is 2.32 bits per heavy atom.